The Kier molecular flexibility index (Phi) is 4.99. The Morgan fingerprint density at radius 1 is 1.40 bits per heavy atom. The molecule has 1 heterocycles. The standard InChI is InChI=1S/C14H23N3O2S/c1-3-15-14-13(9-6-10-16-14)20(18,19)17(4-2)11-12-7-5-8-12/h6,9-10,12H,3-5,7-8,11H2,1-2H3,(H,15,16). The third kappa shape index (κ3) is 3.12. The maximum atomic E-state index is 12.8. The quantitative estimate of drug-likeness (QED) is 0.839. The molecule has 0 radical (unpaired) electrons. The third-order valence-corrected chi connectivity index (χ3v) is 5.74. The first-order valence-corrected chi connectivity index (χ1v) is 8.72. The molecule has 0 aromatic carbocycles. The van der Waals surface area contributed by atoms with E-state index in [0.29, 0.717) is 31.4 Å². The van der Waals surface area contributed by atoms with Crippen molar-refractivity contribution < 1.29 is 8.42 Å². The van der Waals surface area contributed by atoms with Gasteiger partial charge >= 0.3 is 0 Å². The first-order chi connectivity index (χ1) is 9.59. The lowest BCUT2D eigenvalue weighted by atomic mass is 9.85. The van der Waals surface area contributed by atoms with Gasteiger partial charge in [0, 0.05) is 25.8 Å². The molecule has 1 saturated carbocycles. The number of rotatable bonds is 7. The molecule has 1 N–H and O–H groups in total. The van der Waals surface area contributed by atoms with E-state index in [1.807, 2.05) is 13.8 Å². The summed E-state index contributed by atoms with van der Waals surface area (Å²) < 4.78 is 27.1. The lowest BCUT2D eigenvalue weighted by Gasteiger charge is -2.31. The maximum absolute atomic E-state index is 12.8. The van der Waals surface area contributed by atoms with Gasteiger partial charge in [-0.2, -0.15) is 4.31 Å². The molecule has 0 aliphatic heterocycles. The van der Waals surface area contributed by atoms with Crippen LogP contribution < -0.4 is 5.32 Å². The monoisotopic (exact) mass is 297 g/mol. The fraction of sp³-hybridized carbons (Fsp3) is 0.643. The van der Waals surface area contributed by atoms with Crippen molar-refractivity contribution in [2.75, 3.05) is 25.0 Å². The SMILES string of the molecule is CCNc1ncccc1S(=O)(=O)N(CC)CC1CCC1. The molecule has 0 spiro atoms. The van der Waals surface area contributed by atoms with Crippen molar-refractivity contribution in [1.82, 2.24) is 9.29 Å². The average molecular weight is 297 g/mol. The lowest BCUT2D eigenvalue weighted by Crippen LogP contribution is -2.37. The molecule has 1 fully saturated rings. The molecule has 1 aliphatic carbocycles. The van der Waals surface area contributed by atoms with Gasteiger partial charge in [-0.1, -0.05) is 13.3 Å². The van der Waals surface area contributed by atoms with Crippen molar-refractivity contribution >= 4 is 15.8 Å². The zero-order valence-corrected chi connectivity index (χ0v) is 13.0. The lowest BCUT2D eigenvalue weighted by molar-refractivity contribution is 0.250. The smallest absolute Gasteiger partial charge is 0.246 e. The van der Waals surface area contributed by atoms with Crippen molar-refractivity contribution in [2.24, 2.45) is 5.92 Å². The van der Waals surface area contributed by atoms with Gasteiger partial charge in [-0.25, -0.2) is 13.4 Å². The van der Waals surface area contributed by atoms with Crippen LogP contribution in [0, 0.1) is 5.92 Å². The third-order valence-electron chi connectivity index (χ3n) is 3.77. The highest BCUT2D eigenvalue weighted by Gasteiger charge is 2.30. The Balaban J connectivity index is 2.27. The molecule has 6 heteroatoms. The van der Waals surface area contributed by atoms with Gasteiger partial charge in [0.2, 0.25) is 10.0 Å². The van der Waals surface area contributed by atoms with Crippen LogP contribution in [0.15, 0.2) is 23.2 Å². The second-order valence-electron chi connectivity index (χ2n) is 5.13. The van der Waals surface area contributed by atoms with Crippen LogP contribution in [-0.2, 0) is 10.0 Å². The molecule has 2 rings (SSSR count). The van der Waals surface area contributed by atoms with E-state index < -0.39 is 10.0 Å². The summed E-state index contributed by atoms with van der Waals surface area (Å²) in [7, 11) is -3.47. The highest BCUT2D eigenvalue weighted by Crippen LogP contribution is 2.30. The minimum Gasteiger partial charge on any atom is -0.369 e. The molecule has 112 valence electrons. The predicted octanol–water partition coefficient (Wildman–Crippen LogP) is 2.32. The van der Waals surface area contributed by atoms with Gasteiger partial charge in [0.1, 0.15) is 10.7 Å². The zero-order valence-electron chi connectivity index (χ0n) is 12.2. The topological polar surface area (TPSA) is 62.3 Å². The molecule has 1 aromatic rings. The number of hydrogen-bond acceptors (Lipinski definition) is 4. The Hall–Kier alpha value is -1.14. The molecule has 0 saturated heterocycles. The number of anilines is 1. The summed E-state index contributed by atoms with van der Waals surface area (Å²) in [5, 5.41) is 3.03. The number of nitrogens with zero attached hydrogens (tertiary/aromatic N) is 2. The average Bonchev–Trinajstić information content (AvgIpc) is 2.38. The summed E-state index contributed by atoms with van der Waals surface area (Å²) in [5.41, 5.74) is 0. The van der Waals surface area contributed by atoms with Crippen LogP contribution in [0.4, 0.5) is 5.82 Å². The summed E-state index contributed by atoms with van der Waals surface area (Å²) in [6, 6.07) is 3.30. The molecule has 1 aliphatic rings. The number of pyridine rings is 1. The van der Waals surface area contributed by atoms with Gasteiger partial charge in [0.25, 0.3) is 0 Å². The van der Waals surface area contributed by atoms with Crippen molar-refractivity contribution in [2.45, 2.75) is 38.0 Å². The van der Waals surface area contributed by atoms with E-state index in [9.17, 15) is 8.42 Å². The Morgan fingerprint density at radius 3 is 2.70 bits per heavy atom. The number of hydrogen-bond donors (Lipinski definition) is 1. The van der Waals surface area contributed by atoms with E-state index in [-0.39, 0.29) is 4.90 Å². The summed E-state index contributed by atoms with van der Waals surface area (Å²) in [5.74, 6) is 0.964. The van der Waals surface area contributed by atoms with E-state index in [0.717, 1.165) is 12.8 Å². The molecule has 0 amide bonds. The molecular weight excluding hydrogens is 274 g/mol. The van der Waals surface area contributed by atoms with Gasteiger partial charge in [0.15, 0.2) is 0 Å². The van der Waals surface area contributed by atoms with E-state index in [2.05, 4.69) is 10.3 Å². The Labute approximate surface area is 121 Å². The van der Waals surface area contributed by atoms with E-state index in [1.165, 1.54) is 6.42 Å². The van der Waals surface area contributed by atoms with Crippen LogP contribution in [0.1, 0.15) is 33.1 Å². The largest absolute Gasteiger partial charge is 0.369 e. The highest BCUT2D eigenvalue weighted by atomic mass is 32.2. The molecule has 0 unspecified atom stereocenters. The van der Waals surface area contributed by atoms with Gasteiger partial charge < -0.3 is 5.32 Å². The van der Waals surface area contributed by atoms with E-state index in [4.69, 9.17) is 0 Å². The molecule has 5 nitrogen and oxygen atoms in total. The maximum Gasteiger partial charge on any atom is 0.246 e. The first-order valence-electron chi connectivity index (χ1n) is 7.28. The summed E-state index contributed by atoms with van der Waals surface area (Å²) in [6.07, 6.45) is 5.11. The van der Waals surface area contributed by atoms with Crippen LogP contribution in [0.25, 0.3) is 0 Å². The first kappa shape index (κ1) is 15.3. The molecule has 0 bridgehead atoms. The van der Waals surface area contributed by atoms with Crippen molar-refractivity contribution in [3.63, 3.8) is 0 Å². The summed E-state index contributed by atoms with van der Waals surface area (Å²) >= 11 is 0. The van der Waals surface area contributed by atoms with Crippen LogP contribution in [0.2, 0.25) is 0 Å². The van der Waals surface area contributed by atoms with Gasteiger partial charge in [0.05, 0.1) is 0 Å². The van der Waals surface area contributed by atoms with Crippen molar-refractivity contribution in [1.29, 1.82) is 0 Å². The van der Waals surface area contributed by atoms with Gasteiger partial charge in [-0.05, 0) is 37.8 Å². The van der Waals surface area contributed by atoms with E-state index >= 15 is 0 Å². The van der Waals surface area contributed by atoms with Gasteiger partial charge in [-0.3, -0.25) is 0 Å². The molecule has 1 aromatic heterocycles. The van der Waals surface area contributed by atoms with Gasteiger partial charge in [-0.15, -0.1) is 0 Å². The Bertz CT molecular complexity index is 541. The summed E-state index contributed by atoms with van der Waals surface area (Å²) in [4.78, 5) is 4.43. The fourth-order valence-corrected chi connectivity index (χ4v) is 4.04. The highest BCUT2D eigenvalue weighted by molar-refractivity contribution is 7.89. The number of aromatic nitrogens is 1. The zero-order chi connectivity index (χ0) is 14.6. The van der Waals surface area contributed by atoms with Crippen LogP contribution >= 0.6 is 0 Å². The number of sulfonamides is 1. The van der Waals surface area contributed by atoms with Crippen LogP contribution in [-0.4, -0.2) is 37.3 Å². The predicted molar refractivity (Wildman–Crippen MR) is 80.2 cm³/mol. The van der Waals surface area contributed by atoms with Crippen molar-refractivity contribution in [3.8, 4) is 0 Å². The second-order valence-corrected chi connectivity index (χ2v) is 7.04. The number of nitrogens with one attached hydrogen (secondary N) is 1. The fourth-order valence-electron chi connectivity index (χ4n) is 2.40. The summed E-state index contributed by atoms with van der Waals surface area (Å²) in [6.45, 7) is 5.59. The molecule has 0 atom stereocenters. The minimum atomic E-state index is -3.47. The minimum absolute atomic E-state index is 0.281. The molecular formula is C14H23N3O2S. The second kappa shape index (κ2) is 6.54. The van der Waals surface area contributed by atoms with Crippen LogP contribution in [0.3, 0.4) is 0 Å². The van der Waals surface area contributed by atoms with Crippen molar-refractivity contribution in [3.05, 3.63) is 18.3 Å². The van der Waals surface area contributed by atoms with E-state index in [1.54, 1.807) is 22.6 Å². The van der Waals surface area contributed by atoms with Crippen LogP contribution in [0.5, 0.6) is 0 Å². The normalized spacial score (nSPS) is 16.1. The Morgan fingerprint density at radius 2 is 2.15 bits per heavy atom. The molecule has 20 heavy (non-hydrogen) atoms.